The molecule has 2 rings (SSSR count). The van der Waals surface area contributed by atoms with Crippen LogP contribution in [0.25, 0.3) is 5.57 Å². The molecule has 2 aromatic carbocycles. The molecule has 0 fully saturated rings. The van der Waals surface area contributed by atoms with Crippen LogP contribution < -0.4 is 0 Å². The molecule has 0 aliphatic rings. The Labute approximate surface area is 99.8 Å². The zero-order valence-electron chi connectivity index (χ0n) is 9.21. The van der Waals surface area contributed by atoms with Gasteiger partial charge in [-0.05, 0) is 5.56 Å². The monoisotopic (exact) mass is 224 g/mol. The zero-order chi connectivity index (χ0) is 12.1. The van der Waals surface area contributed by atoms with Gasteiger partial charge in [0.15, 0.2) is 5.78 Å². The van der Waals surface area contributed by atoms with Crippen molar-refractivity contribution >= 4 is 11.4 Å². The molecule has 0 aliphatic heterocycles. The van der Waals surface area contributed by atoms with Crippen LogP contribution in [0.5, 0.6) is 0 Å². The fourth-order valence-corrected chi connectivity index (χ4v) is 1.63. The Kier molecular flexibility index (Phi) is 3.36. The summed E-state index contributed by atoms with van der Waals surface area (Å²) in [7, 11) is 0. The lowest BCUT2D eigenvalue weighted by molar-refractivity contribution is 0.105. The van der Waals surface area contributed by atoms with Gasteiger partial charge in [0.1, 0.15) is 0 Å². The maximum Gasteiger partial charge on any atom is 0.196 e. The lowest BCUT2D eigenvalue weighted by Crippen LogP contribution is -2.02. The van der Waals surface area contributed by atoms with E-state index in [-0.39, 0.29) is 5.78 Å². The fraction of sp³-hybridized carbons (Fsp3) is 0. The summed E-state index contributed by atoms with van der Waals surface area (Å²) >= 11 is 0. The van der Waals surface area contributed by atoms with Crippen molar-refractivity contribution in [3.05, 3.63) is 78.1 Å². The van der Waals surface area contributed by atoms with E-state index in [1.807, 2.05) is 24.3 Å². The van der Waals surface area contributed by atoms with E-state index < -0.39 is 0 Å². The summed E-state index contributed by atoms with van der Waals surface area (Å²) in [4.78, 5) is 12.1. The molecule has 0 heterocycles. The Balaban J connectivity index is 2.37. The van der Waals surface area contributed by atoms with Crippen LogP contribution in [0, 0.1) is 0 Å². The number of hydrogen-bond acceptors (Lipinski definition) is 2. The average Bonchev–Trinajstić information content (AvgIpc) is 2.42. The summed E-state index contributed by atoms with van der Waals surface area (Å²) in [5.41, 5.74) is 1.58. The molecule has 0 aromatic heterocycles. The molecule has 2 nitrogen and oxygen atoms in total. The minimum atomic E-state index is -0.181. The van der Waals surface area contributed by atoms with Gasteiger partial charge in [0.05, 0.1) is 11.8 Å². The third kappa shape index (κ3) is 2.42. The second-order valence-corrected chi connectivity index (χ2v) is 3.60. The highest BCUT2D eigenvalue weighted by atomic mass is 16.2. The van der Waals surface area contributed by atoms with Crippen LogP contribution in [0.2, 0.25) is 0 Å². The highest BCUT2D eigenvalue weighted by Gasteiger charge is 2.13. The largest absolute Gasteiger partial charge is 0.515 e. The van der Waals surface area contributed by atoms with Crippen molar-refractivity contribution in [2.24, 2.45) is 0 Å². The first kappa shape index (κ1) is 11.1. The summed E-state index contributed by atoms with van der Waals surface area (Å²) in [5.74, 6) is -0.181. The summed E-state index contributed by atoms with van der Waals surface area (Å²) in [6.45, 7) is 0. The van der Waals surface area contributed by atoms with Crippen molar-refractivity contribution in [3.63, 3.8) is 0 Å². The number of aliphatic hydroxyl groups is 1. The van der Waals surface area contributed by atoms with E-state index in [1.165, 1.54) is 0 Å². The fourth-order valence-electron chi connectivity index (χ4n) is 1.63. The highest BCUT2D eigenvalue weighted by Crippen LogP contribution is 2.18. The van der Waals surface area contributed by atoms with Gasteiger partial charge < -0.3 is 5.11 Å². The topological polar surface area (TPSA) is 37.3 Å². The second-order valence-electron chi connectivity index (χ2n) is 3.60. The van der Waals surface area contributed by atoms with Gasteiger partial charge in [-0.15, -0.1) is 0 Å². The Hall–Kier alpha value is -2.35. The van der Waals surface area contributed by atoms with Crippen molar-refractivity contribution in [3.8, 4) is 0 Å². The van der Waals surface area contributed by atoms with Gasteiger partial charge >= 0.3 is 0 Å². The van der Waals surface area contributed by atoms with Crippen LogP contribution in [0.15, 0.2) is 66.9 Å². The smallest absolute Gasteiger partial charge is 0.196 e. The molecule has 0 atom stereocenters. The van der Waals surface area contributed by atoms with Gasteiger partial charge in [-0.3, -0.25) is 4.79 Å². The summed E-state index contributed by atoms with van der Waals surface area (Å²) < 4.78 is 0. The normalized spacial score (nSPS) is 11.2. The number of benzene rings is 2. The minimum Gasteiger partial charge on any atom is -0.515 e. The zero-order valence-corrected chi connectivity index (χ0v) is 9.21. The predicted molar refractivity (Wildman–Crippen MR) is 67.8 cm³/mol. The van der Waals surface area contributed by atoms with Crippen LogP contribution in [-0.4, -0.2) is 10.9 Å². The van der Waals surface area contributed by atoms with E-state index in [2.05, 4.69) is 0 Å². The summed E-state index contributed by atoms with van der Waals surface area (Å²) in [5, 5.41) is 9.23. The van der Waals surface area contributed by atoms with Gasteiger partial charge in [-0.1, -0.05) is 60.7 Å². The Morgan fingerprint density at radius 1 is 0.824 bits per heavy atom. The molecule has 0 spiro atoms. The summed E-state index contributed by atoms with van der Waals surface area (Å²) in [6, 6.07) is 18.0. The Morgan fingerprint density at radius 2 is 1.29 bits per heavy atom. The van der Waals surface area contributed by atoms with Gasteiger partial charge in [0, 0.05) is 5.56 Å². The van der Waals surface area contributed by atoms with Crippen molar-refractivity contribution in [2.45, 2.75) is 0 Å². The molecule has 0 aliphatic carbocycles. The van der Waals surface area contributed by atoms with Gasteiger partial charge in [-0.2, -0.15) is 0 Å². The maximum atomic E-state index is 12.1. The number of rotatable bonds is 3. The van der Waals surface area contributed by atoms with Crippen LogP contribution >= 0.6 is 0 Å². The first-order chi connectivity index (χ1) is 8.33. The number of carbonyl (C=O) groups is 1. The molecular weight excluding hydrogens is 212 g/mol. The van der Waals surface area contributed by atoms with Crippen molar-refractivity contribution in [1.29, 1.82) is 0 Å². The number of hydrogen-bond donors (Lipinski definition) is 1. The summed E-state index contributed by atoms with van der Waals surface area (Å²) in [6.07, 6.45) is 0.866. The first-order valence-corrected chi connectivity index (χ1v) is 5.32. The number of carbonyl (C=O) groups excluding carboxylic acids is 1. The second kappa shape index (κ2) is 5.12. The molecule has 2 heteroatoms. The van der Waals surface area contributed by atoms with Crippen molar-refractivity contribution < 1.29 is 9.90 Å². The molecule has 84 valence electrons. The van der Waals surface area contributed by atoms with E-state index in [0.29, 0.717) is 16.7 Å². The van der Waals surface area contributed by atoms with Crippen LogP contribution in [0.1, 0.15) is 15.9 Å². The van der Waals surface area contributed by atoms with Crippen LogP contribution in [0.4, 0.5) is 0 Å². The predicted octanol–water partition coefficient (Wildman–Crippen LogP) is 3.47. The number of ketones is 1. The third-order valence-corrected chi connectivity index (χ3v) is 2.49. The Morgan fingerprint density at radius 3 is 1.76 bits per heavy atom. The lowest BCUT2D eigenvalue weighted by Gasteiger charge is -2.05. The van der Waals surface area contributed by atoms with E-state index in [1.54, 1.807) is 36.4 Å². The molecule has 0 bridgehead atoms. The molecular formula is C15H12O2. The third-order valence-electron chi connectivity index (χ3n) is 2.49. The first-order valence-electron chi connectivity index (χ1n) is 5.32. The molecule has 17 heavy (non-hydrogen) atoms. The highest BCUT2D eigenvalue weighted by molar-refractivity contribution is 6.28. The molecule has 0 radical (unpaired) electrons. The van der Waals surface area contributed by atoms with Crippen molar-refractivity contribution in [2.75, 3.05) is 0 Å². The van der Waals surface area contributed by atoms with Crippen molar-refractivity contribution in [1.82, 2.24) is 0 Å². The number of allylic oxidation sites excluding steroid dienone is 1. The van der Waals surface area contributed by atoms with Gasteiger partial charge in [0.25, 0.3) is 0 Å². The maximum absolute atomic E-state index is 12.1. The molecule has 1 N–H and O–H groups in total. The Bertz CT molecular complexity index is 527. The van der Waals surface area contributed by atoms with E-state index in [0.717, 1.165) is 6.26 Å². The molecule has 2 aromatic rings. The molecule has 0 amide bonds. The lowest BCUT2D eigenvalue weighted by atomic mass is 9.98. The van der Waals surface area contributed by atoms with Crippen LogP contribution in [-0.2, 0) is 0 Å². The van der Waals surface area contributed by atoms with E-state index in [9.17, 15) is 9.90 Å². The van der Waals surface area contributed by atoms with Gasteiger partial charge in [-0.25, -0.2) is 0 Å². The SMILES string of the molecule is O=C(C(=CO)c1ccccc1)c1ccccc1. The van der Waals surface area contributed by atoms with E-state index >= 15 is 0 Å². The number of aliphatic hydroxyl groups excluding tert-OH is 1. The van der Waals surface area contributed by atoms with Crippen LogP contribution in [0.3, 0.4) is 0 Å². The number of Topliss-reactive ketones (excluding diaryl/α,β-unsaturated/α-hetero) is 1. The minimum absolute atomic E-state index is 0.181. The molecule has 0 saturated heterocycles. The van der Waals surface area contributed by atoms with Gasteiger partial charge in [0.2, 0.25) is 0 Å². The molecule has 0 unspecified atom stereocenters. The average molecular weight is 224 g/mol. The standard InChI is InChI=1S/C15H12O2/c16-11-14(12-7-3-1-4-8-12)15(17)13-9-5-2-6-10-13/h1-11,16H. The molecule has 0 saturated carbocycles. The quantitative estimate of drug-likeness (QED) is 0.492. The van der Waals surface area contributed by atoms with E-state index in [4.69, 9.17) is 0 Å².